The summed E-state index contributed by atoms with van der Waals surface area (Å²) in [6, 6.07) is 0.779. The second-order valence-corrected chi connectivity index (χ2v) is 4.63. The van der Waals surface area contributed by atoms with Crippen molar-refractivity contribution in [2.45, 2.75) is 45.8 Å². The Kier molecular flexibility index (Phi) is 3.74. The summed E-state index contributed by atoms with van der Waals surface area (Å²) in [4.78, 5) is 5.02. The van der Waals surface area contributed by atoms with E-state index in [2.05, 4.69) is 44.7 Å². The highest BCUT2D eigenvalue weighted by molar-refractivity contribution is 4.83. The third kappa shape index (κ3) is 2.23. The van der Waals surface area contributed by atoms with E-state index in [1.807, 2.05) is 0 Å². The molecule has 0 bridgehead atoms. The normalized spacial score (nSPS) is 32.8. The highest BCUT2D eigenvalue weighted by Crippen LogP contribution is 2.23. The van der Waals surface area contributed by atoms with E-state index in [1.54, 1.807) is 0 Å². The second kappa shape index (κ2) is 4.43. The van der Waals surface area contributed by atoms with Crippen LogP contribution in [0.3, 0.4) is 0 Å². The van der Waals surface area contributed by atoms with Crippen molar-refractivity contribution in [3.8, 4) is 0 Å². The van der Waals surface area contributed by atoms with Gasteiger partial charge in [-0.25, -0.2) is 0 Å². The van der Waals surface area contributed by atoms with Gasteiger partial charge in [0.2, 0.25) is 0 Å². The summed E-state index contributed by atoms with van der Waals surface area (Å²) in [6.45, 7) is 8.20. The van der Waals surface area contributed by atoms with Crippen molar-refractivity contribution in [2.24, 2.45) is 5.92 Å². The minimum Gasteiger partial charge on any atom is -0.291 e. The Balaban J connectivity index is 2.63. The van der Waals surface area contributed by atoms with Crippen LogP contribution in [-0.4, -0.2) is 42.6 Å². The van der Waals surface area contributed by atoms with Gasteiger partial charge in [-0.2, -0.15) is 0 Å². The van der Waals surface area contributed by atoms with Crippen molar-refractivity contribution in [1.29, 1.82) is 0 Å². The third-order valence-electron chi connectivity index (χ3n) is 3.41. The molecule has 13 heavy (non-hydrogen) atoms. The van der Waals surface area contributed by atoms with Crippen LogP contribution in [0.5, 0.6) is 0 Å². The largest absolute Gasteiger partial charge is 0.291 e. The summed E-state index contributed by atoms with van der Waals surface area (Å²) < 4.78 is 0. The molecular weight excluding hydrogens is 160 g/mol. The summed E-state index contributed by atoms with van der Waals surface area (Å²) in [6.07, 6.45) is 3.21. The van der Waals surface area contributed by atoms with E-state index < -0.39 is 0 Å². The molecule has 2 atom stereocenters. The van der Waals surface area contributed by atoms with E-state index in [-0.39, 0.29) is 0 Å². The Morgan fingerprint density at radius 3 is 2.38 bits per heavy atom. The first-order valence-corrected chi connectivity index (χ1v) is 5.50. The number of hydrogen-bond donors (Lipinski definition) is 0. The van der Waals surface area contributed by atoms with Gasteiger partial charge >= 0.3 is 0 Å². The van der Waals surface area contributed by atoms with Crippen LogP contribution in [0.15, 0.2) is 0 Å². The van der Waals surface area contributed by atoms with Gasteiger partial charge in [-0.05, 0) is 32.9 Å². The maximum absolute atomic E-state index is 2.55. The van der Waals surface area contributed by atoms with Crippen LogP contribution >= 0.6 is 0 Å². The molecule has 0 amide bonds. The van der Waals surface area contributed by atoms with Gasteiger partial charge in [-0.1, -0.05) is 20.8 Å². The van der Waals surface area contributed by atoms with E-state index in [9.17, 15) is 0 Å². The van der Waals surface area contributed by atoms with Gasteiger partial charge in [-0.3, -0.25) is 9.80 Å². The molecule has 2 nitrogen and oxygen atoms in total. The van der Waals surface area contributed by atoms with Crippen molar-refractivity contribution in [3.05, 3.63) is 0 Å². The highest BCUT2D eigenvalue weighted by atomic mass is 15.4. The molecule has 0 aliphatic carbocycles. The average molecular weight is 184 g/mol. The predicted molar refractivity (Wildman–Crippen MR) is 57.7 cm³/mol. The van der Waals surface area contributed by atoms with Crippen LogP contribution in [-0.2, 0) is 0 Å². The van der Waals surface area contributed by atoms with Gasteiger partial charge in [0.05, 0.1) is 6.17 Å². The Morgan fingerprint density at radius 1 is 1.31 bits per heavy atom. The molecule has 0 N–H and O–H groups in total. The van der Waals surface area contributed by atoms with Gasteiger partial charge in [0.1, 0.15) is 0 Å². The van der Waals surface area contributed by atoms with E-state index in [4.69, 9.17) is 0 Å². The maximum Gasteiger partial charge on any atom is 0.0617 e. The lowest BCUT2D eigenvalue weighted by atomic mass is 9.96. The summed E-state index contributed by atoms with van der Waals surface area (Å²) in [7, 11) is 4.51. The van der Waals surface area contributed by atoms with Crippen LogP contribution in [0.4, 0.5) is 0 Å². The summed E-state index contributed by atoms with van der Waals surface area (Å²) in [5.74, 6) is 0.785. The first kappa shape index (κ1) is 11.0. The quantitative estimate of drug-likeness (QED) is 0.648. The third-order valence-corrected chi connectivity index (χ3v) is 3.41. The summed E-state index contributed by atoms with van der Waals surface area (Å²) in [5, 5.41) is 0. The predicted octanol–water partition coefficient (Wildman–Crippen LogP) is 2.01. The van der Waals surface area contributed by atoms with E-state index >= 15 is 0 Å². The zero-order valence-electron chi connectivity index (χ0n) is 9.75. The van der Waals surface area contributed by atoms with Crippen molar-refractivity contribution < 1.29 is 0 Å². The molecule has 0 aromatic carbocycles. The Bertz CT molecular complexity index is 154. The van der Waals surface area contributed by atoms with E-state index in [0.717, 1.165) is 12.0 Å². The molecule has 0 saturated carbocycles. The molecule has 1 heterocycles. The van der Waals surface area contributed by atoms with Crippen LogP contribution in [0.25, 0.3) is 0 Å². The van der Waals surface area contributed by atoms with Crippen molar-refractivity contribution in [1.82, 2.24) is 9.80 Å². The molecule has 1 saturated heterocycles. The van der Waals surface area contributed by atoms with Crippen molar-refractivity contribution >= 4 is 0 Å². The number of hydrogen-bond acceptors (Lipinski definition) is 2. The SMILES string of the molecule is CCC1N(C)CCC(C(C)C)N1C. The standard InChI is InChI=1S/C11H24N2/c1-6-11-12(4)8-7-10(9(2)3)13(11)5/h9-11H,6-8H2,1-5H3. The topological polar surface area (TPSA) is 6.48 Å². The monoisotopic (exact) mass is 184 g/mol. The average Bonchev–Trinajstić information content (AvgIpc) is 2.04. The molecule has 78 valence electrons. The zero-order chi connectivity index (χ0) is 10.0. The Hall–Kier alpha value is -0.0800. The van der Waals surface area contributed by atoms with Gasteiger partial charge in [0.25, 0.3) is 0 Å². The Labute approximate surface area is 82.9 Å². The molecular formula is C11H24N2. The first-order valence-electron chi connectivity index (χ1n) is 5.50. The number of rotatable bonds is 2. The molecule has 2 heteroatoms. The fourth-order valence-electron chi connectivity index (χ4n) is 2.62. The summed E-state index contributed by atoms with van der Waals surface area (Å²) in [5.41, 5.74) is 0. The molecule has 0 radical (unpaired) electrons. The lowest BCUT2D eigenvalue weighted by molar-refractivity contribution is -0.0179. The van der Waals surface area contributed by atoms with Gasteiger partial charge in [0.15, 0.2) is 0 Å². The molecule has 0 aromatic heterocycles. The van der Waals surface area contributed by atoms with Crippen LogP contribution in [0.2, 0.25) is 0 Å². The fourth-order valence-corrected chi connectivity index (χ4v) is 2.62. The summed E-state index contributed by atoms with van der Waals surface area (Å²) >= 11 is 0. The first-order chi connectivity index (χ1) is 6.07. The molecule has 0 aromatic rings. The molecule has 1 aliphatic heterocycles. The molecule has 1 fully saturated rings. The van der Waals surface area contributed by atoms with E-state index in [0.29, 0.717) is 6.17 Å². The minimum atomic E-state index is 0.654. The molecule has 0 spiro atoms. The fraction of sp³-hybridized carbons (Fsp3) is 1.00. The van der Waals surface area contributed by atoms with E-state index in [1.165, 1.54) is 19.4 Å². The molecule has 2 unspecified atom stereocenters. The van der Waals surface area contributed by atoms with Crippen molar-refractivity contribution in [2.75, 3.05) is 20.6 Å². The lowest BCUT2D eigenvalue weighted by Gasteiger charge is -2.46. The number of nitrogens with zero attached hydrogens (tertiary/aromatic N) is 2. The Morgan fingerprint density at radius 2 is 1.92 bits per heavy atom. The highest BCUT2D eigenvalue weighted by Gasteiger charge is 2.31. The molecule has 1 aliphatic rings. The minimum absolute atomic E-state index is 0.654. The van der Waals surface area contributed by atoms with Crippen molar-refractivity contribution in [3.63, 3.8) is 0 Å². The smallest absolute Gasteiger partial charge is 0.0617 e. The van der Waals surface area contributed by atoms with Crippen LogP contribution in [0, 0.1) is 5.92 Å². The lowest BCUT2D eigenvalue weighted by Crippen LogP contribution is -2.56. The maximum atomic E-state index is 2.55. The van der Waals surface area contributed by atoms with Crippen LogP contribution in [0.1, 0.15) is 33.6 Å². The van der Waals surface area contributed by atoms with Gasteiger partial charge < -0.3 is 0 Å². The van der Waals surface area contributed by atoms with Gasteiger partial charge in [0, 0.05) is 12.6 Å². The zero-order valence-corrected chi connectivity index (χ0v) is 9.75. The van der Waals surface area contributed by atoms with Crippen LogP contribution < -0.4 is 0 Å². The molecule has 1 rings (SSSR count). The second-order valence-electron chi connectivity index (χ2n) is 4.63. The van der Waals surface area contributed by atoms with Gasteiger partial charge in [-0.15, -0.1) is 0 Å².